The van der Waals surface area contributed by atoms with Crippen LogP contribution >= 0.6 is 11.6 Å². The van der Waals surface area contributed by atoms with Gasteiger partial charge in [0.05, 0.1) is 22.1 Å². The van der Waals surface area contributed by atoms with E-state index >= 15 is 0 Å². The van der Waals surface area contributed by atoms with E-state index in [9.17, 15) is 18.4 Å². The van der Waals surface area contributed by atoms with Crippen molar-refractivity contribution in [1.82, 2.24) is 5.16 Å². The molecule has 2 aromatic heterocycles. The number of nitrogens with one attached hydrogen (secondary N) is 1. The summed E-state index contributed by atoms with van der Waals surface area (Å²) in [6.45, 7) is 0. The summed E-state index contributed by atoms with van der Waals surface area (Å²) in [4.78, 5) is 11.9. The van der Waals surface area contributed by atoms with Crippen LogP contribution in [0.5, 0.6) is 0 Å². The van der Waals surface area contributed by atoms with E-state index < -0.39 is 15.7 Å². The number of carbonyl (C=O) groups is 1. The molecular weight excluding hydrogens is 334 g/mol. The Morgan fingerprint density at radius 3 is 2.95 bits per heavy atom. The number of aromatic nitrogens is 2. The van der Waals surface area contributed by atoms with Crippen molar-refractivity contribution >= 4 is 33.0 Å². The summed E-state index contributed by atoms with van der Waals surface area (Å²) in [6.07, 6.45) is 2.43. The van der Waals surface area contributed by atoms with E-state index in [0.717, 1.165) is 6.20 Å². The molecule has 0 aliphatic carbocycles. The first-order valence-corrected chi connectivity index (χ1v) is 8.43. The predicted octanol–water partition coefficient (Wildman–Crippen LogP) is 0.685. The number of hydrogen-bond acceptors (Lipinski definition) is 6. The van der Waals surface area contributed by atoms with Gasteiger partial charge in [-0.2, -0.15) is 4.73 Å². The quantitative estimate of drug-likeness (QED) is 0.633. The number of amides is 1. The van der Waals surface area contributed by atoms with Gasteiger partial charge in [-0.1, -0.05) is 16.8 Å². The van der Waals surface area contributed by atoms with Crippen LogP contribution in [0, 0.1) is 5.21 Å². The van der Waals surface area contributed by atoms with Gasteiger partial charge in [0.25, 0.3) is 5.91 Å². The molecule has 8 nitrogen and oxygen atoms in total. The first kappa shape index (κ1) is 14.8. The lowest BCUT2D eigenvalue weighted by Crippen LogP contribution is -2.38. The maximum Gasteiger partial charge on any atom is 0.278 e. The van der Waals surface area contributed by atoms with Crippen LogP contribution in [0.4, 0.5) is 5.69 Å². The fourth-order valence-electron chi connectivity index (χ4n) is 2.23. The molecular formula is C12H10ClN3O5S. The molecule has 0 saturated carbocycles. The van der Waals surface area contributed by atoms with Gasteiger partial charge < -0.3 is 15.0 Å². The molecule has 1 amide bonds. The van der Waals surface area contributed by atoms with Crippen molar-refractivity contribution in [2.24, 2.45) is 0 Å². The summed E-state index contributed by atoms with van der Waals surface area (Å²) in [5, 5.41) is 17.9. The van der Waals surface area contributed by atoms with Crippen LogP contribution in [-0.2, 0) is 22.0 Å². The molecule has 0 radical (unpaired) electrons. The minimum atomic E-state index is -3.30. The molecule has 10 heteroatoms. The Hall–Kier alpha value is -2.13. The Labute approximate surface area is 130 Å². The second-order valence-electron chi connectivity index (χ2n) is 4.79. The summed E-state index contributed by atoms with van der Waals surface area (Å²) in [7, 11) is -3.30. The Bertz CT molecular complexity index is 848. The zero-order valence-electron chi connectivity index (χ0n) is 11.1. The van der Waals surface area contributed by atoms with Crippen LogP contribution in [-0.4, -0.2) is 25.2 Å². The van der Waals surface area contributed by atoms with Crippen molar-refractivity contribution in [3.63, 3.8) is 0 Å². The Morgan fingerprint density at radius 1 is 1.50 bits per heavy atom. The smallest absolute Gasteiger partial charge is 0.278 e. The van der Waals surface area contributed by atoms with E-state index in [4.69, 9.17) is 11.6 Å². The molecule has 0 fully saturated rings. The average Bonchev–Trinajstić information content (AvgIpc) is 2.97. The number of rotatable bonds is 2. The molecule has 0 unspecified atom stereocenters. The molecule has 0 aromatic carbocycles. The maximum atomic E-state index is 12.0. The molecule has 3 rings (SSSR count). The summed E-state index contributed by atoms with van der Waals surface area (Å²) < 4.78 is 28.5. The minimum Gasteiger partial charge on any atom is -0.618 e. The lowest BCUT2D eigenvalue weighted by molar-refractivity contribution is -0.613. The van der Waals surface area contributed by atoms with E-state index in [0.29, 0.717) is 10.4 Å². The minimum absolute atomic E-state index is 0.0128. The summed E-state index contributed by atoms with van der Waals surface area (Å²) in [6, 6.07) is 1.34. The second-order valence-corrected chi connectivity index (χ2v) is 7.35. The molecule has 2 aromatic rings. The van der Waals surface area contributed by atoms with E-state index in [1.54, 1.807) is 0 Å². The highest BCUT2D eigenvalue weighted by atomic mass is 35.5. The highest BCUT2D eigenvalue weighted by molar-refractivity contribution is 7.90. The fraction of sp³-hybridized carbons (Fsp3) is 0.250. The summed E-state index contributed by atoms with van der Waals surface area (Å²) in [5.74, 6) is -1.03. The first-order valence-electron chi connectivity index (χ1n) is 6.23. The van der Waals surface area contributed by atoms with Crippen molar-refractivity contribution in [1.29, 1.82) is 0 Å². The van der Waals surface area contributed by atoms with Gasteiger partial charge in [-0.15, -0.1) is 0 Å². The number of carbonyl (C=O) groups excluding carboxylic acids is 1. The number of sulfone groups is 1. The van der Waals surface area contributed by atoms with Gasteiger partial charge >= 0.3 is 0 Å². The highest BCUT2D eigenvalue weighted by Crippen LogP contribution is 2.31. The molecule has 0 spiro atoms. The highest BCUT2D eigenvalue weighted by Gasteiger charge is 2.31. The molecule has 1 aliphatic rings. The average molecular weight is 344 g/mol. The van der Waals surface area contributed by atoms with Crippen molar-refractivity contribution < 1.29 is 22.5 Å². The van der Waals surface area contributed by atoms with Gasteiger partial charge in [-0.25, -0.2) is 8.42 Å². The molecule has 0 saturated heterocycles. The Morgan fingerprint density at radius 2 is 2.27 bits per heavy atom. The predicted molar refractivity (Wildman–Crippen MR) is 76.1 cm³/mol. The number of nitrogens with zero attached hydrogens (tertiary/aromatic N) is 2. The van der Waals surface area contributed by atoms with Crippen molar-refractivity contribution in [2.45, 2.75) is 12.2 Å². The zero-order valence-corrected chi connectivity index (χ0v) is 12.6. The van der Waals surface area contributed by atoms with Crippen molar-refractivity contribution in [2.75, 3.05) is 11.1 Å². The Balaban J connectivity index is 2.00. The summed E-state index contributed by atoms with van der Waals surface area (Å²) >= 11 is 6.16. The molecule has 0 bridgehead atoms. The van der Waals surface area contributed by atoms with Crippen LogP contribution < -0.4 is 10.0 Å². The standard InChI is InChI=1S/C12H10ClN3O5S/c13-11-7-6-22(19,20)4-2-10(7)16(18)5-9(11)14-12(17)8-1-3-21-15-8/h1,3,5H,2,4,6H2,(H,14,17). The van der Waals surface area contributed by atoms with Crippen LogP contribution in [0.2, 0.25) is 5.02 Å². The third kappa shape index (κ3) is 2.64. The molecule has 0 atom stereocenters. The van der Waals surface area contributed by atoms with Gasteiger partial charge in [0.1, 0.15) is 12.0 Å². The second kappa shape index (κ2) is 5.25. The first-order chi connectivity index (χ1) is 10.4. The van der Waals surface area contributed by atoms with Crippen LogP contribution in [0.3, 0.4) is 0 Å². The molecule has 22 heavy (non-hydrogen) atoms. The zero-order chi connectivity index (χ0) is 15.9. The summed E-state index contributed by atoms with van der Waals surface area (Å²) in [5.41, 5.74) is 0.569. The molecule has 116 valence electrons. The lowest BCUT2D eigenvalue weighted by atomic mass is 10.1. The maximum absolute atomic E-state index is 12.0. The number of pyridine rings is 1. The van der Waals surface area contributed by atoms with Crippen molar-refractivity contribution in [3.05, 3.63) is 45.7 Å². The van der Waals surface area contributed by atoms with Crippen LogP contribution in [0.25, 0.3) is 0 Å². The van der Waals surface area contributed by atoms with Crippen LogP contribution in [0.1, 0.15) is 21.7 Å². The number of halogens is 1. The molecule has 1 N–H and O–H groups in total. The van der Waals surface area contributed by atoms with E-state index in [1.165, 1.54) is 12.3 Å². The number of fused-ring (bicyclic) bond motifs is 1. The monoisotopic (exact) mass is 343 g/mol. The third-order valence-corrected chi connectivity index (χ3v) is 5.28. The molecule has 1 aliphatic heterocycles. The van der Waals surface area contributed by atoms with Gasteiger partial charge in [0, 0.05) is 12.5 Å². The lowest BCUT2D eigenvalue weighted by Gasteiger charge is -2.18. The van der Waals surface area contributed by atoms with E-state index in [1.807, 2.05) is 0 Å². The topological polar surface area (TPSA) is 116 Å². The SMILES string of the molecule is O=C(Nc1c[n+]([O-])c2c(c1Cl)CS(=O)(=O)CC2)c1ccon1. The third-order valence-electron chi connectivity index (χ3n) is 3.29. The van der Waals surface area contributed by atoms with Crippen LogP contribution in [0.15, 0.2) is 23.0 Å². The number of hydrogen-bond donors (Lipinski definition) is 1. The van der Waals surface area contributed by atoms with Gasteiger partial charge in [0.2, 0.25) is 6.20 Å². The normalized spacial score (nSPS) is 16.0. The van der Waals surface area contributed by atoms with Gasteiger partial charge in [-0.05, 0) is 0 Å². The fourth-order valence-corrected chi connectivity index (χ4v) is 3.98. The largest absolute Gasteiger partial charge is 0.618 e. The molecule has 3 heterocycles. The number of anilines is 1. The van der Waals surface area contributed by atoms with Crippen molar-refractivity contribution in [3.8, 4) is 0 Å². The van der Waals surface area contributed by atoms with Gasteiger partial charge in [0.15, 0.2) is 21.2 Å². The van der Waals surface area contributed by atoms with E-state index in [-0.39, 0.29) is 39.9 Å². The Kier molecular flexibility index (Phi) is 3.53. The van der Waals surface area contributed by atoms with Gasteiger partial charge in [-0.3, -0.25) is 4.79 Å². The van der Waals surface area contributed by atoms with E-state index in [2.05, 4.69) is 15.0 Å².